The minimum Gasteiger partial charge on any atom is -0.494 e. The van der Waals surface area contributed by atoms with Gasteiger partial charge in [-0.1, -0.05) is 62.1 Å². The van der Waals surface area contributed by atoms with Crippen LogP contribution in [0.1, 0.15) is 73.0 Å². The smallest absolute Gasteiger partial charge is 0.255 e. The van der Waals surface area contributed by atoms with Crippen LogP contribution in [0.5, 0.6) is 5.75 Å². The van der Waals surface area contributed by atoms with Gasteiger partial charge >= 0.3 is 0 Å². The average molecular weight is 407 g/mol. The molecule has 0 aromatic heterocycles. The third-order valence-electron chi connectivity index (χ3n) is 6.12. The van der Waals surface area contributed by atoms with Crippen LogP contribution >= 0.6 is 0 Å². The number of benzene rings is 2. The van der Waals surface area contributed by atoms with Gasteiger partial charge in [0.2, 0.25) is 5.91 Å². The number of nitrogens with zero attached hydrogens (tertiary/aromatic N) is 1. The van der Waals surface area contributed by atoms with E-state index in [9.17, 15) is 9.59 Å². The van der Waals surface area contributed by atoms with Crippen LogP contribution in [0.4, 0.5) is 0 Å². The van der Waals surface area contributed by atoms with Gasteiger partial charge in [0.1, 0.15) is 11.8 Å². The molecule has 0 bridgehead atoms. The fourth-order valence-electron chi connectivity index (χ4n) is 4.63. The molecule has 5 heteroatoms. The summed E-state index contributed by atoms with van der Waals surface area (Å²) in [5, 5.41) is 3.25. The van der Waals surface area contributed by atoms with Gasteiger partial charge in [-0.3, -0.25) is 9.59 Å². The summed E-state index contributed by atoms with van der Waals surface area (Å²) >= 11 is 0. The number of rotatable bonds is 6. The molecule has 4 rings (SSSR count). The predicted molar refractivity (Wildman–Crippen MR) is 116 cm³/mol. The second-order valence-corrected chi connectivity index (χ2v) is 8.16. The minimum atomic E-state index is -0.605. The third-order valence-corrected chi connectivity index (χ3v) is 6.12. The van der Waals surface area contributed by atoms with E-state index >= 15 is 0 Å². The molecule has 0 radical (unpaired) electrons. The van der Waals surface area contributed by atoms with Crippen molar-refractivity contribution in [1.82, 2.24) is 10.2 Å². The molecule has 2 aromatic rings. The molecule has 30 heavy (non-hydrogen) atoms. The summed E-state index contributed by atoms with van der Waals surface area (Å²) in [5.74, 6) is 0.582. The molecular formula is C25H30N2O3. The van der Waals surface area contributed by atoms with E-state index in [2.05, 4.69) is 5.32 Å². The molecule has 1 aliphatic carbocycles. The molecule has 5 nitrogen and oxygen atoms in total. The zero-order valence-electron chi connectivity index (χ0n) is 17.6. The average Bonchev–Trinajstić information content (AvgIpc) is 2.90. The van der Waals surface area contributed by atoms with Crippen LogP contribution in [-0.4, -0.2) is 29.4 Å². The van der Waals surface area contributed by atoms with Crippen LogP contribution in [0, 0.1) is 0 Å². The number of carbonyl (C=O) groups is 2. The molecule has 1 unspecified atom stereocenters. The summed E-state index contributed by atoms with van der Waals surface area (Å²) < 4.78 is 5.75. The lowest BCUT2D eigenvalue weighted by Crippen LogP contribution is -2.43. The molecule has 2 aliphatic rings. The van der Waals surface area contributed by atoms with Crippen LogP contribution in [-0.2, 0) is 11.3 Å². The van der Waals surface area contributed by atoms with E-state index in [0.29, 0.717) is 18.7 Å². The minimum absolute atomic E-state index is 0.0749. The summed E-state index contributed by atoms with van der Waals surface area (Å²) in [6.07, 6.45) is 6.80. The second-order valence-electron chi connectivity index (χ2n) is 8.16. The van der Waals surface area contributed by atoms with Crippen molar-refractivity contribution in [3.8, 4) is 5.75 Å². The normalized spacial score (nSPS) is 19.3. The summed E-state index contributed by atoms with van der Waals surface area (Å²) in [6, 6.07) is 14.8. The van der Waals surface area contributed by atoms with Gasteiger partial charge in [0.15, 0.2) is 0 Å². The van der Waals surface area contributed by atoms with Crippen molar-refractivity contribution in [1.29, 1.82) is 0 Å². The van der Waals surface area contributed by atoms with Gasteiger partial charge in [-0.05, 0) is 37.5 Å². The highest BCUT2D eigenvalue weighted by Crippen LogP contribution is 2.36. The van der Waals surface area contributed by atoms with E-state index in [4.69, 9.17) is 4.74 Å². The van der Waals surface area contributed by atoms with Crippen LogP contribution in [0.2, 0.25) is 0 Å². The molecular weight excluding hydrogens is 376 g/mol. The van der Waals surface area contributed by atoms with Gasteiger partial charge in [0, 0.05) is 17.2 Å². The molecule has 1 heterocycles. The molecule has 2 amide bonds. The predicted octanol–water partition coefficient (Wildman–Crippen LogP) is 4.62. The van der Waals surface area contributed by atoms with Crippen LogP contribution < -0.4 is 10.1 Å². The maximum atomic E-state index is 13.4. The van der Waals surface area contributed by atoms with E-state index in [1.807, 2.05) is 55.5 Å². The maximum Gasteiger partial charge on any atom is 0.255 e. The first kappa shape index (κ1) is 20.5. The number of carbonyl (C=O) groups excluding carboxylic acids is 2. The quantitative estimate of drug-likeness (QED) is 0.712. The molecule has 1 aliphatic heterocycles. The first-order chi connectivity index (χ1) is 14.7. The Labute approximate surface area is 178 Å². The number of ether oxygens (including phenoxy) is 1. The first-order valence-electron chi connectivity index (χ1n) is 11.1. The summed E-state index contributed by atoms with van der Waals surface area (Å²) in [4.78, 5) is 28.3. The largest absolute Gasteiger partial charge is 0.494 e. The van der Waals surface area contributed by atoms with Crippen molar-refractivity contribution >= 4 is 11.8 Å². The summed E-state index contributed by atoms with van der Waals surface area (Å²) in [7, 11) is 0. The van der Waals surface area contributed by atoms with Gasteiger partial charge < -0.3 is 15.0 Å². The Morgan fingerprint density at radius 3 is 2.50 bits per heavy atom. The topological polar surface area (TPSA) is 58.6 Å². The van der Waals surface area contributed by atoms with E-state index in [0.717, 1.165) is 42.6 Å². The number of hydrogen-bond acceptors (Lipinski definition) is 3. The first-order valence-corrected chi connectivity index (χ1v) is 11.1. The molecule has 0 spiro atoms. The van der Waals surface area contributed by atoms with Crippen molar-refractivity contribution in [2.24, 2.45) is 0 Å². The summed E-state index contributed by atoms with van der Waals surface area (Å²) in [6.45, 7) is 2.83. The number of hydrogen-bond donors (Lipinski definition) is 1. The molecule has 1 fully saturated rings. The Bertz CT molecular complexity index is 903. The maximum absolute atomic E-state index is 13.4. The molecule has 1 atom stereocenters. The van der Waals surface area contributed by atoms with Gasteiger partial charge in [-0.2, -0.15) is 0 Å². The molecule has 1 saturated carbocycles. The fraction of sp³-hybridized carbons (Fsp3) is 0.440. The van der Waals surface area contributed by atoms with Gasteiger partial charge in [-0.25, -0.2) is 0 Å². The zero-order valence-corrected chi connectivity index (χ0v) is 17.6. The molecule has 0 saturated heterocycles. The number of fused-ring (bicyclic) bond motifs is 1. The van der Waals surface area contributed by atoms with Crippen molar-refractivity contribution in [2.75, 3.05) is 6.61 Å². The van der Waals surface area contributed by atoms with Gasteiger partial charge in [0.25, 0.3) is 5.91 Å². The number of nitrogens with one attached hydrogen (secondary N) is 1. The Kier molecular flexibility index (Phi) is 6.36. The van der Waals surface area contributed by atoms with Gasteiger partial charge in [-0.15, -0.1) is 0 Å². The summed E-state index contributed by atoms with van der Waals surface area (Å²) in [5.41, 5.74) is 2.32. The lowest BCUT2D eigenvalue weighted by atomic mass is 10.0. The van der Waals surface area contributed by atoms with Gasteiger partial charge in [0.05, 0.1) is 13.2 Å². The fourth-order valence-corrected chi connectivity index (χ4v) is 4.63. The lowest BCUT2D eigenvalue weighted by Gasteiger charge is -2.27. The van der Waals surface area contributed by atoms with E-state index < -0.39 is 6.04 Å². The third kappa shape index (κ3) is 4.20. The Balaban J connectivity index is 1.61. The highest BCUT2D eigenvalue weighted by Gasteiger charge is 2.41. The highest BCUT2D eigenvalue weighted by atomic mass is 16.5. The molecule has 1 N–H and O–H groups in total. The Morgan fingerprint density at radius 1 is 1.03 bits per heavy atom. The van der Waals surface area contributed by atoms with Crippen LogP contribution in [0.15, 0.2) is 48.5 Å². The molecule has 158 valence electrons. The monoisotopic (exact) mass is 406 g/mol. The highest BCUT2D eigenvalue weighted by molar-refractivity contribution is 6.04. The van der Waals surface area contributed by atoms with Crippen LogP contribution in [0.25, 0.3) is 0 Å². The number of amides is 2. The van der Waals surface area contributed by atoms with Crippen molar-refractivity contribution in [2.45, 2.75) is 64.1 Å². The zero-order chi connectivity index (χ0) is 20.9. The van der Waals surface area contributed by atoms with Crippen molar-refractivity contribution in [3.63, 3.8) is 0 Å². The van der Waals surface area contributed by atoms with Crippen LogP contribution in [0.3, 0.4) is 0 Å². The Hall–Kier alpha value is -2.82. The second kappa shape index (κ2) is 9.33. The van der Waals surface area contributed by atoms with E-state index in [-0.39, 0.29) is 17.9 Å². The Morgan fingerprint density at radius 2 is 1.73 bits per heavy atom. The number of para-hydroxylation sites is 1. The lowest BCUT2D eigenvalue weighted by molar-refractivity contribution is -0.126. The van der Waals surface area contributed by atoms with E-state index in [1.54, 1.807) is 4.90 Å². The SMILES string of the molecule is CCOc1ccccc1CN1C(=O)c2ccccc2C1C(=O)NC1CCCCCC1. The van der Waals surface area contributed by atoms with E-state index in [1.165, 1.54) is 12.8 Å². The standard InChI is InChI=1S/C25H30N2O3/c1-2-30-22-16-10-7-11-18(22)17-27-23(20-14-8-9-15-21(20)25(27)29)24(28)26-19-12-5-3-4-6-13-19/h7-11,14-16,19,23H,2-6,12-13,17H2,1H3,(H,26,28). The van der Waals surface area contributed by atoms with Crippen molar-refractivity contribution < 1.29 is 14.3 Å². The van der Waals surface area contributed by atoms with Crippen molar-refractivity contribution in [3.05, 3.63) is 65.2 Å². The molecule has 2 aromatic carbocycles.